The van der Waals surface area contributed by atoms with Gasteiger partial charge in [-0.3, -0.25) is 9.69 Å². The van der Waals surface area contributed by atoms with Crippen molar-refractivity contribution in [2.75, 3.05) is 13.2 Å². The highest BCUT2D eigenvalue weighted by Crippen LogP contribution is 2.39. The zero-order valence-electron chi connectivity index (χ0n) is 14.2. The molecule has 2 aromatic carbocycles. The molecule has 26 heavy (non-hydrogen) atoms. The Morgan fingerprint density at radius 3 is 2.73 bits per heavy atom. The molecule has 1 aliphatic heterocycles. The number of carbonyl (C=O) groups excluding carboxylic acids is 2. The van der Waals surface area contributed by atoms with E-state index in [-0.39, 0.29) is 24.8 Å². The van der Waals surface area contributed by atoms with Crippen molar-refractivity contribution in [1.82, 2.24) is 10.2 Å². The molecular weight excluding hydrogens is 335 g/mol. The van der Waals surface area contributed by atoms with Crippen LogP contribution >= 0.6 is 0 Å². The molecule has 134 valence electrons. The third-order valence-corrected chi connectivity index (χ3v) is 5.06. The summed E-state index contributed by atoms with van der Waals surface area (Å²) in [5.41, 5.74) is 0.989. The van der Waals surface area contributed by atoms with Crippen LogP contribution in [0.15, 0.2) is 48.5 Å². The average Bonchev–Trinajstić information content (AvgIpc) is 2.88. The summed E-state index contributed by atoms with van der Waals surface area (Å²) in [6, 6.07) is 13.4. The van der Waals surface area contributed by atoms with Gasteiger partial charge in [0.1, 0.15) is 12.1 Å². The molecule has 0 saturated carbocycles. The molecule has 1 fully saturated rings. The van der Waals surface area contributed by atoms with Crippen molar-refractivity contribution in [1.29, 1.82) is 0 Å². The Labute approximate surface area is 150 Å². The van der Waals surface area contributed by atoms with Crippen molar-refractivity contribution in [3.8, 4) is 5.75 Å². The van der Waals surface area contributed by atoms with Gasteiger partial charge in [-0.25, -0.2) is 9.18 Å². The molecule has 1 spiro atoms. The maximum Gasteiger partial charge on any atom is 0.325 e. The van der Waals surface area contributed by atoms with Crippen LogP contribution in [0.25, 0.3) is 0 Å². The van der Waals surface area contributed by atoms with Gasteiger partial charge in [-0.1, -0.05) is 36.4 Å². The van der Waals surface area contributed by atoms with Crippen molar-refractivity contribution < 1.29 is 18.7 Å². The zero-order chi connectivity index (χ0) is 18.1. The van der Waals surface area contributed by atoms with Crippen LogP contribution in [-0.4, -0.2) is 30.0 Å². The van der Waals surface area contributed by atoms with Crippen molar-refractivity contribution in [3.63, 3.8) is 0 Å². The smallest absolute Gasteiger partial charge is 0.325 e. The van der Waals surface area contributed by atoms with Gasteiger partial charge in [0.25, 0.3) is 5.91 Å². The van der Waals surface area contributed by atoms with E-state index in [1.807, 2.05) is 24.3 Å². The Balaban J connectivity index is 1.51. The fraction of sp³-hybridized carbons (Fsp3) is 0.300. The lowest BCUT2D eigenvalue weighted by atomic mass is 9.76. The van der Waals surface area contributed by atoms with Crippen LogP contribution in [0.4, 0.5) is 9.18 Å². The number of ether oxygens (including phenoxy) is 1. The molecule has 1 aliphatic carbocycles. The monoisotopic (exact) mass is 354 g/mol. The van der Waals surface area contributed by atoms with Crippen LogP contribution in [0.3, 0.4) is 0 Å². The molecule has 1 saturated heterocycles. The van der Waals surface area contributed by atoms with Crippen molar-refractivity contribution in [2.24, 2.45) is 0 Å². The van der Waals surface area contributed by atoms with E-state index < -0.39 is 17.4 Å². The van der Waals surface area contributed by atoms with E-state index in [9.17, 15) is 14.0 Å². The lowest BCUT2D eigenvalue weighted by Crippen LogP contribution is -2.46. The summed E-state index contributed by atoms with van der Waals surface area (Å²) in [5, 5.41) is 2.89. The number of hydrogen-bond donors (Lipinski definition) is 1. The third kappa shape index (κ3) is 2.62. The summed E-state index contributed by atoms with van der Waals surface area (Å²) in [4.78, 5) is 26.7. The van der Waals surface area contributed by atoms with Crippen LogP contribution in [0.1, 0.15) is 24.0 Å². The summed E-state index contributed by atoms with van der Waals surface area (Å²) in [6.07, 6.45) is 2.32. The maximum atomic E-state index is 13.6. The zero-order valence-corrected chi connectivity index (χ0v) is 14.2. The van der Waals surface area contributed by atoms with Gasteiger partial charge in [0.2, 0.25) is 0 Å². The maximum absolute atomic E-state index is 13.6. The topological polar surface area (TPSA) is 58.6 Å². The average molecular weight is 354 g/mol. The highest BCUT2D eigenvalue weighted by Gasteiger charge is 2.53. The third-order valence-electron chi connectivity index (χ3n) is 5.06. The molecule has 4 rings (SSSR count). The first-order valence-electron chi connectivity index (χ1n) is 8.72. The molecule has 1 atom stereocenters. The van der Waals surface area contributed by atoms with Crippen molar-refractivity contribution in [2.45, 2.75) is 24.8 Å². The molecule has 3 amide bonds. The second kappa shape index (κ2) is 6.44. The summed E-state index contributed by atoms with van der Waals surface area (Å²) in [7, 11) is 0. The number of nitrogens with zero attached hydrogens (tertiary/aromatic N) is 1. The molecular formula is C20H19FN2O3. The fourth-order valence-corrected chi connectivity index (χ4v) is 3.82. The minimum absolute atomic E-state index is 0.0395. The Hall–Kier alpha value is -2.89. The molecule has 2 aromatic rings. The lowest BCUT2D eigenvalue weighted by molar-refractivity contribution is -0.132. The fourth-order valence-electron chi connectivity index (χ4n) is 3.82. The van der Waals surface area contributed by atoms with Crippen LogP contribution in [0, 0.1) is 5.82 Å². The van der Waals surface area contributed by atoms with E-state index >= 15 is 0 Å². The van der Waals surface area contributed by atoms with Gasteiger partial charge in [-0.05, 0) is 42.5 Å². The van der Waals surface area contributed by atoms with Crippen molar-refractivity contribution >= 4 is 11.9 Å². The van der Waals surface area contributed by atoms with Gasteiger partial charge < -0.3 is 10.1 Å². The number of hydrogen-bond acceptors (Lipinski definition) is 3. The summed E-state index contributed by atoms with van der Waals surface area (Å²) >= 11 is 0. The summed E-state index contributed by atoms with van der Waals surface area (Å²) in [5.74, 6) is -0.619. The number of fused-ring (bicyclic) bond motifs is 2. The Kier molecular flexibility index (Phi) is 4.11. The van der Waals surface area contributed by atoms with Gasteiger partial charge in [0.05, 0.1) is 6.54 Å². The van der Waals surface area contributed by atoms with E-state index in [1.54, 1.807) is 12.1 Å². The quantitative estimate of drug-likeness (QED) is 0.859. The molecule has 5 nitrogen and oxygen atoms in total. The Morgan fingerprint density at radius 2 is 1.88 bits per heavy atom. The van der Waals surface area contributed by atoms with Crippen LogP contribution in [-0.2, 0) is 16.8 Å². The van der Waals surface area contributed by atoms with Crippen LogP contribution in [0.5, 0.6) is 5.75 Å². The second-order valence-electron chi connectivity index (χ2n) is 6.58. The summed E-state index contributed by atoms with van der Waals surface area (Å²) in [6.45, 7) is 0.112. The van der Waals surface area contributed by atoms with E-state index in [0.717, 1.165) is 24.0 Å². The Morgan fingerprint density at radius 1 is 1.12 bits per heavy atom. The van der Waals surface area contributed by atoms with E-state index in [2.05, 4.69) is 5.32 Å². The van der Waals surface area contributed by atoms with E-state index in [4.69, 9.17) is 4.74 Å². The minimum Gasteiger partial charge on any atom is -0.489 e. The minimum atomic E-state index is -0.982. The number of urea groups is 1. The number of rotatable bonds is 4. The molecule has 0 radical (unpaired) electrons. The lowest BCUT2D eigenvalue weighted by Gasteiger charge is -2.33. The molecule has 2 aliphatic rings. The molecule has 1 heterocycles. The second-order valence-corrected chi connectivity index (χ2v) is 6.58. The first kappa shape index (κ1) is 16.6. The SMILES string of the molecule is O=C1N[C@@]2(CCCc3ccccc32)C(=O)N1CCOc1ccccc1F. The predicted molar refractivity (Wildman–Crippen MR) is 93.2 cm³/mol. The molecule has 0 bridgehead atoms. The molecule has 0 unspecified atom stereocenters. The molecule has 1 N–H and O–H groups in total. The summed E-state index contributed by atoms with van der Waals surface area (Å²) < 4.78 is 19.0. The Bertz CT molecular complexity index is 870. The van der Waals surface area contributed by atoms with Gasteiger partial charge in [0.15, 0.2) is 11.6 Å². The molecule has 0 aromatic heterocycles. The first-order chi connectivity index (χ1) is 12.6. The van der Waals surface area contributed by atoms with Crippen molar-refractivity contribution in [3.05, 3.63) is 65.5 Å². The number of aryl methyl sites for hydroxylation is 1. The first-order valence-corrected chi connectivity index (χ1v) is 8.72. The number of nitrogens with one attached hydrogen (secondary N) is 1. The largest absolute Gasteiger partial charge is 0.489 e. The van der Waals surface area contributed by atoms with Gasteiger partial charge >= 0.3 is 6.03 Å². The number of benzene rings is 2. The highest BCUT2D eigenvalue weighted by molar-refractivity contribution is 6.07. The van der Waals surface area contributed by atoms with Gasteiger partial charge in [0, 0.05) is 0 Å². The molecule has 6 heteroatoms. The number of carbonyl (C=O) groups is 2. The van der Waals surface area contributed by atoms with E-state index in [1.165, 1.54) is 17.0 Å². The van der Waals surface area contributed by atoms with Crippen LogP contribution in [0.2, 0.25) is 0 Å². The van der Waals surface area contributed by atoms with Gasteiger partial charge in [-0.15, -0.1) is 0 Å². The van der Waals surface area contributed by atoms with Gasteiger partial charge in [-0.2, -0.15) is 0 Å². The highest BCUT2D eigenvalue weighted by atomic mass is 19.1. The number of halogens is 1. The number of imide groups is 1. The van der Waals surface area contributed by atoms with E-state index in [0.29, 0.717) is 6.42 Å². The number of amides is 3. The van der Waals surface area contributed by atoms with Crippen LogP contribution < -0.4 is 10.1 Å². The normalized spacial score (nSPS) is 21.7. The predicted octanol–water partition coefficient (Wildman–Crippen LogP) is 2.99. The number of para-hydroxylation sites is 1. The standard InChI is InChI=1S/C20H19FN2O3/c21-16-9-3-4-10-17(16)26-13-12-23-18(24)20(22-19(23)25)11-5-7-14-6-1-2-8-15(14)20/h1-4,6,8-10H,5,7,11-13H2,(H,22,25)/t20-/m1/s1.